The third-order valence-electron chi connectivity index (χ3n) is 20.1. The Balaban J connectivity index is 0.000000104. The molecule has 0 radical (unpaired) electrons. The molecule has 534 valence electrons. The van der Waals surface area contributed by atoms with Crippen molar-refractivity contribution in [3.05, 3.63) is 137 Å². The van der Waals surface area contributed by atoms with Gasteiger partial charge in [-0.3, -0.25) is 4.90 Å². The molecule has 1 saturated carbocycles. The topological polar surface area (TPSA) is 393 Å². The Morgan fingerprint density at radius 2 is 0.848 bits per heavy atom. The van der Waals surface area contributed by atoms with Crippen molar-refractivity contribution in [1.29, 1.82) is 0 Å². The van der Waals surface area contributed by atoms with Gasteiger partial charge in [0.2, 0.25) is 0 Å². The number of nitrogens with two attached hydrogens (primary N) is 4. The lowest BCUT2D eigenvalue weighted by molar-refractivity contribution is -0.0157. The standard InChI is InChI=1S/C21H23N7O2.2C18H17ClN6O.C16H15ClN6/c22-20-18-19(17-8-12-7-15(29)1-2-16(12)25-17)26-28(21(18)24-11-23-20)14-9-13(10-14)27-3-5-30-6-4-27;19-12-2-1-3-13-11(12)8-14(23-13)16-15-17(20)21-9-22-18(15)25(24-16)10-4-6-26-7-5-10;19-12-3-1-2-10-8-13(23-15(10)12)16-14-17(20)21-9-22-18(14)25(24-16)11-4-6-26-7-5-11;1-8(2)23-16-12(15(18)19-7-20-16)14(22-23)11-6-9-4-3-5-10(17)13(9)21-11/h1-2,7-8,11,13-14,25,29H,3-6,9-10H2,(H2,22,23,24);1-3,8-10,23H,4-7H2,(H2,20,21,22);1-3,8-9,11,23H,4-7H2,(H2,20,21,22);3-8,21H,1-2H3,(H2,18,19,20). The lowest BCUT2D eigenvalue weighted by Crippen LogP contribution is -2.50. The molecule has 0 bridgehead atoms. The number of nitrogens with one attached hydrogen (secondary N) is 4. The fraction of sp³-hybridized carbons (Fsp3) is 0.288. The fourth-order valence-corrected chi connectivity index (χ4v) is 15.4. The van der Waals surface area contributed by atoms with E-state index in [1.165, 1.54) is 25.3 Å². The number of rotatable bonds is 9. The molecule has 16 aromatic rings. The van der Waals surface area contributed by atoms with Crippen LogP contribution in [0.4, 0.5) is 23.3 Å². The van der Waals surface area contributed by atoms with Crippen LogP contribution < -0.4 is 22.9 Å². The first-order valence-electron chi connectivity index (χ1n) is 34.7. The summed E-state index contributed by atoms with van der Waals surface area (Å²) in [4.78, 5) is 50.5. The summed E-state index contributed by atoms with van der Waals surface area (Å²) in [6, 6.07) is 32.1. The molecule has 13 N–H and O–H groups in total. The first-order chi connectivity index (χ1) is 51.2. The summed E-state index contributed by atoms with van der Waals surface area (Å²) in [6.45, 7) is 10.6. The summed E-state index contributed by atoms with van der Waals surface area (Å²) in [5, 5.41) is 38.2. The van der Waals surface area contributed by atoms with Crippen LogP contribution in [0.3, 0.4) is 0 Å². The first-order valence-corrected chi connectivity index (χ1v) is 35.9. The summed E-state index contributed by atoms with van der Waals surface area (Å²) >= 11 is 18.9. The number of aromatic nitrogens is 20. The number of phenols is 1. The quantitative estimate of drug-likeness (QED) is 0.0648. The summed E-state index contributed by atoms with van der Waals surface area (Å²) in [5.74, 6) is 1.92. The van der Waals surface area contributed by atoms with E-state index >= 15 is 0 Å². The van der Waals surface area contributed by atoms with Crippen molar-refractivity contribution < 1.29 is 19.3 Å². The highest BCUT2D eigenvalue weighted by Crippen LogP contribution is 2.43. The molecule has 0 unspecified atom stereocenters. The van der Waals surface area contributed by atoms with Gasteiger partial charge < -0.3 is 62.2 Å². The third kappa shape index (κ3) is 12.5. The van der Waals surface area contributed by atoms with E-state index in [1.807, 2.05) is 104 Å². The molecule has 0 spiro atoms. The molecule has 20 rings (SSSR count). The molecule has 29 nitrogen and oxygen atoms in total. The summed E-state index contributed by atoms with van der Waals surface area (Å²) in [6.07, 6.45) is 11.6. The molecule has 0 amide bonds. The van der Waals surface area contributed by atoms with Gasteiger partial charge in [-0.1, -0.05) is 65.1 Å². The highest BCUT2D eigenvalue weighted by atomic mass is 35.5. The van der Waals surface area contributed by atoms with Gasteiger partial charge in [0.05, 0.1) is 96.7 Å². The molecule has 4 fully saturated rings. The van der Waals surface area contributed by atoms with Crippen LogP contribution in [0.1, 0.15) is 76.5 Å². The molecular formula is C73H72Cl3N25O4. The van der Waals surface area contributed by atoms with Crippen molar-refractivity contribution in [2.75, 3.05) is 75.7 Å². The average Bonchev–Trinajstić information content (AvgIpc) is 1.62. The van der Waals surface area contributed by atoms with Crippen molar-refractivity contribution in [1.82, 2.24) is 104 Å². The Morgan fingerprint density at radius 1 is 0.429 bits per heavy atom. The maximum Gasteiger partial charge on any atom is 0.164 e. The molecule has 12 aromatic heterocycles. The van der Waals surface area contributed by atoms with Crippen molar-refractivity contribution in [2.24, 2.45) is 0 Å². The van der Waals surface area contributed by atoms with Gasteiger partial charge in [-0.15, -0.1) is 0 Å². The Morgan fingerprint density at radius 3 is 1.34 bits per heavy atom. The second-order valence-electron chi connectivity index (χ2n) is 26.8. The van der Waals surface area contributed by atoms with Gasteiger partial charge in [-0.05, 0) is 119 Å². The maximum absolute atomic E-state index is 9.79. The van der Waals surface area contributed by atoms with Crippen molar-refractivity contribution in [2.45, 2.75) is 82.6 Å². The Bertz CT molecular complexity index is 5750. The second-order valence-corrected chi connectivity index (χ2v) is 28.0. The summed E-state index contributed by atoms with van der Waals surface area (Å²) < 4.78 is 24.3. The Kier molecular flexibility index (Phi) is 17.8. The van der Waals surface area contributed by atoms with Crippen molar-refractivity contribution in [3.63, 3.8) is 0 Å². The van der Waals surface area contributed by atoms with Gasteiger partial charge in [-0.2, -0.15) is 20.4 Å². The van der Waals surface area contributed by atoms with E-state index in [-0.39, 0.29) is 29.9 Å². The van der Waals surface area contributed by atoms with Gasteiger partial charge in [0.25, 0.3) is 0 Å². The number of aromatic amines is 4. The van der Waals surface area contributed by atoms with Crippen LogP contribution in [0.25, 0.3) is 133 Å². The van der Waals surface area contributed by atoms with E-state index in [1.54, 1.807) is 12.1 Å². The molecule has 4 aliphatic rings. The largest absolute Gasteiger partial charge is 0.508 e. The summed E-state index contributed by atoms with van der Waals surface area (Å²) in [5.41, 5.74) is 37.7. The number of nitrogen functional groups attached to an aromatic ring is 4. The molecular weight excluding hydrogens is 1400 g/mol. The zero-order chi connectivity index (χ0) is 71.7. The number of benzene rings is 4. The minimum atomic E-state index is 0.161. The number of fused-ring (bicyclic) bond motifs is 8. The number of aromatic hydroxyl groups is 1. The van der Waals surface area contributed by atoms with Gasteiger partial charge in [0, 0.05) is 89.2 Å². The first kappa shape index (κ1) is 67.1. The van der Waals surface area contributed by atoms with Crippen LogP contribution in [-0.4, -0.2) is 168 Å². The number of halogens is 3. The van der Waals surface area contributed by atoms with Crippen LogP contribution in [0, 0.1) is 0 Å². The smallest absolute Gasteiger partial charge is 0.164 e. The van der Waals surface area contributed by atoms with Crippen molar-refractivity contribution >= 4 is 146 Å². The minimum Gasteiger partial charge on any atom is -0.508 e. The van der Waals surface area contributed by atoms with Crippen LogP contribution in [0.5, 0.6) is 5.75 Å². The zero-order valence-corrected chi connectivity index (χ0v) is 59.3. The lowest BCUT2D eigenvalue weighted by Gasteiger charge is -2.44. The third-order valence-corrected chi connectivity index (χ3v) is 21.0. The van der Waals surface area contributed by atoms with Crippen LogP contribution in [0.15, 0.2) is 122 Å². The van der Waals surface area contributed by atoms with E-state index in [9.17, 15) is 5.11 Å². The van der Waals surface area contributed by atoms with Gasteiger partial charge in [0.15, 0.2) is 22.6 Å². The number of hydrogen-bond acceptors (Lipinski definition) is 21. The second kappa shape index (κ2) is 27.9. The number of phenolic OH excluding ortho intramolecular Hbond substituents is 1. The number of anilines is 4. The average molecular weight is 1470 g/mol. The SMILES string of the molecule is CC(C)n1nc(-c2cc3cccc(Cl)c3[nH]2)c2c(N)ncnc21.Nc1ncnc2c1c(-c1cc3c(Cl)cccc3[nH]1)nn2C1CCOCC1.Nc1ncnc2c1c(-c1cc3cc(O)ccc3[nH]1)nn2C1CC(N2CCOCC2)C1.Nc1ncnc2c1c(-c1cc3cccc(Cl)c3[nH]1)nn2C1CCOCC1. The van der Waals surface area contributed by atoms with Crippen LogP contribution >= 0.6 is 34.8 Å². The molecule has 0 atom stereocenters. The number of hydrogen-bond donors (Lipinski definition) is 9. The van der Waals surface area contributed by atoms with Gasteiger partial charge in [0.1, 0.15) is 77.1 Å². The minimum absolute atomic E-state index is 0.161. The predicted octanol–water partition coefficient (Wildman–Crippen LogP) is 13.2. The number of ether oxygens (including phenoxy) is 3. The van der Waals surface area contributed by atoms with Gasteiger partial charge >= 0.3 is 0 Å². The highest BCUT2D eigenvalue weighted by Gasteiger charge is 2.38. The van der Waals surface area contributed by atoms with Gasteiger partial charge in [-0.25, -0.2) is 58.6 Å². The zero-order valence-electron chi connectivity index (χ0n) is 57.1. The lowest BCUT2D eigenvalue weighted by atomic mass is 9.85. The molecule has 3 saturated heterocycles. The molecule has 32 heteroatoms. The number of morpholine rings is 1. The van der Waals surface area contributed by atoms with E-state index in [0.29, 0.717) is 44.4 Å². The van der Waals surface area contributed by atoms with Crippen LogP contribution in [0.2, 0.25) is 15.1 Å². The van der Waals surface area contributed by atoms with E-state index in [0.717, 1.165) is 225 Å². The maximum atomic E-state index is 9.79. The van der Waals surface area contributed by atoms with Crippen molar-refractivity contribution in [3.8, 4) is 51.3 Å². The monoisotopic (exact) mass is 1470 g/mol. The molecule has 3 aliphatic heterocycles. The molecule has 4 aromatic carbocycles. The van der Waals surface area contributed by atoms with E-state index in [2.05, 4.69) is 78.6 Å². The normalized spacial score (nSPS) is 16.9. The number of H-pyrrole nitrogens is 4. The summed E-state index contributed by atoms with van der Waals surface area (Å²) in [7, 11) is 0. The Labute approximate surface area is 612 Å². The molecule has 15 heterocycles. The highest BCUT2D eigenvalue weighted by molar-refractivity contribution is 6.36. The Hall–Kier alpha value is -11.1. The molecule has 105 heavy (non-hydrogen) atoms. The molecule has 1 aliphatic carbocycles. The van der Waals surface area contributed by atoms with E-state index < -0.39 is 0 Å². The van der Waals surface area contributed by atoms with Crippen LogP contribution in [-0.2, 0) is 14.2 Å². The number of nitrogens with zero attached hydrogens (tertiary/aromatic N) is 17. The fourth-order valence-electron chi connectivity index (χ4n) is 14.7. The van der Waals surface area contributed by atoms with E-state index in [4.69, 9.17) is 92.3 Å². The number of para-hydroxylation sites is 2. The predicted molar refractivity (Wildman–Crippen MR) is 408 cm³/mol.